The van der Waals surface area contributed by atoms with Crippen LogP contribution in [0.25, 0.3) is 11.2 Å². The molecular weight excluding hydrogens is 247 g/mol. The van der Waals surface area contributed by atoms with E-state index in [-0.39, 0.29) is 11.7 Å². The smallest absolute Gasteiger partial charge is 0.257 e. The van der Waals surface area contributed by atoms with E-state index in [1.165, 1.54) is 36.8 Å². The number of H-pyrrole nitrogens is 1. The zero-order chi connectivity index (χ0) is 13.2. The van der Waals surface area contributed by atoms with Crippen LogP contribution < -0.4 is 5.32 Å². The summed E-state index contributed by atoms with van der Waals surface area (Å²) in [6.45, 7) is 0. The second-order valence-corrected chi connectivity index (χ2v) is 3.96. The van der Waals surface area contributed by atoms with Gasteiger partial charge in [0.05, 0.1) is 17.4 Å². The lowest BCUT2D eigenvalue weighted by molar-refractivity contribution is 0.102. The molecule has 2 aromatic heterocycles. The van der Waals surface area contributed by atoms with Crippen molar-refractivity contribution in [1.29, 1.82) is 0 Å². The summed E-state index contributed by atoms with van der Waals surface area (Å²) in [6, 6.07) is 7.22. The summed E-state index contributed by atoms with van der Waals surface area (Å²) in [7, 11) is 0. The molecule has 3 aromatic rings. The Labute approximate surface area is 107 Å². The molecule has 0 fully saturated rings. The van der Waals surface area contributed by atoms with Gasteiger partial charge in [-0.2, -0.15) is 0 Å². The Morgan fingerprint density at radius 3 is 2.79 bits per heavy atom. The number of benzene rings is 1. The number of nitrogens with one attached hydrogen (secondary N) is 2. The summed E-state index contributed by atoms with van der Waals surface area (Å²) in [5, 5.41) is 2.66. The van der Waals surface area contributed by atoms with Gasteiger partial charge in [0.2, 0.25) is 0 Å². The van der Waals surface area contributed by atoms with E-state index >= 15 is 0 Å². The number of rotatable bonds is 2. The highest BCUT2D eigenvalue weighted by Gasteiger charge is 2.08. The third-order valence-corrected chi connectivity index (χ3v) is 2.64. The zero-order valence-electron chi connectivity index (χ0n) is 9.72. The number of fused-ring (bicyclic) bond motifs is 1. The molecule has 1 amide bonds. The minimum absolute atomic E-state index is 0.310. The van der Waals surface area contributed by atoms with E-state index in [4.69, 9.17) is 0 Å². The summed E-state index contributed by atoms with van der Waals surface area (Å²) < 4.78 is 12.8. The van der Waals surface area contributed by atoms with Gasteiger partial charge in [0.15, 0.2) is 5.65 Å². The molecule has 2 N–H and O–H groups in total. The monoisotopic (exact) mass is 256 g/mol. The van der Waals surface area contributed by atoms with E-state index in [9.17, 15) is 9.18 Å². The van der Waals surface area contributed by atoms with Crippen LogP contribution in [0.3, 0.4) is 0 Å². The topological polar surface area (TPSA) is 70.7 Å². The first-order valence-corrected chi connectivity index (χ1v) is 5.58. The van der Waals surface area contributed by atoms with Crippen molar-refractivity contribution in [1.82, 2.24) is 15.0 Å². The number of aromatic nitrogens is 3. The van der Waals surface area contributed by atoms with Crippen LogP contribution in [0.5, 0.6) is 0 Å². The Kier molecular flexibility index (Phi) is 2.68. The SMILES string of the molecule is O=C(Nc1ccc(F)cc1)c1cnc2nc[nH]c2c1. The lowest BCUT2D eigenvalue weighted by Crippen LogP contribution is -2.12. The van der Waals surface area contributed by atoms with Crippen molar-refractivity contribution in [3.05, 3.63) is 54.2 Å². The number of pyridine rings is 1. The van der Waals surface area contributed by atoms with Gasteiger partial charge >= 0.3 is 0 Å². The Bertz CT molecular complexity index is 736. The van der Waals surface area contributed by atoms with E-state index in [0.717, 1.165) is 0 Å². The molecular formula is C13H9FN4O. The summed E-state index contributed by atoms with van der Waals surface area (Å²) in [5.74, 6) is -0.658. The standard InChI is InChI=1S/C13H9FN4O/c14-9-1-3-10(4-2-9)18-13(19)8-5-11-12(15-6-8)17-7-16-11/h1-7H,(H,18,19)(H,15,16,17). The van der Waals surface area contributed by atoms with Gasteiger partial charge in [-0.25, -0.2) is 14.4 Å². The van der Waals surface area contributed by atoms with E-state index in [0.29, 0.717) is 22.4 Å². The number of imidazole rings is 1. The van der Waals surface area contributed by atoms with Gasteiger partial charge in [0.1, 0.15) is 5.82 Å². The Morgan fingerprint density at radius 1 is 1.21 bits per heavy atom. The first-order chi connectivity index (χ1) is 9.22. The molecule has 0 saturated carbocycles. The van der Waals surface area contributed by atoms with Gasteiger partial charge in [-0.15, -0.1) is 0 Å². The van der Waals surface area contributed by atoms with Gasteiger partial charge in [-0.05, 0) is 30.3 Å². The lowest BCUT2D eigenvalue weighted by Gasteiger charge is -2.04. The van der Waals surface area contributed by atoms with Crippen molar-refractivity contribution in [3.63, 3.8) is 0 Å². The van der Waals surface area contributed by atoms with E-state index < -0.39 is 0 Å². The number of hydrogen-bond acceptors (Lipinski definition) is 3. The number of carbonyl (C=O) groups is 1. The fourth-order valence-corrected chi connectivity index (χ4v) is 1.69. The van der Waals surface area contributed by atoms with E-state index in [1.807, 2.05) is 0 Å². The third kappa shape index (κ3) is 2.28. The summed E-state index contributed by atoms with van der Waals surface area (Å²) in [5.41, 5.74) is 2.17. The van der Waals surface area contributed by atoms with Crippen LogP contribution in [-0.4, -0.2) is 20.9 Å². The molecule has 19 heavy (non-hydrogen) atoms. The predicted octanol–water partition coefficient (Wildman–Crippen LogP) is 2.35. The number of amides is 1. The molecule has 94 valence electrons. The summed E-state index contributed by atoms with van der Waals surface area (Å²) in [4.78, 5) is 22.9. The molecule has 0 aliphatic carbocycles. The average molecular weight is 256 g/mol. The lowest BCUT2D eigenvalue weighted by atomic mass is 10.2. The van der Waals surface area contributed by atoms with Crippen LogP contribution in [0.2, 0.25) is 0 Å². The number of hydrogen-bond donors (Lipinski definition) is 2. The largest absolute Gasteiger partial charge is 0.343 e. The van der Waals surface area contributed by atoms with Gasteiger partial charge in [-0.3, -0.25) is 4.79 Å². The third-order valence-electron chi connectivity index (χ3n) is 2.64. The van der Waals surface area contributed by atoms with Crippen molar-refractivity contribution in [2.24, 2.45) is 0 Å². The van der Waals surface area contributed by atoms with Crippen molar-refractivity contribution in [3.8, 4) is 0 Å². The molecule has 5 nitrogen and oxygen atoms in total. The van der Waals surface area contributed by atoms with Crippen molar-refractivity contribution >= 4 is 22.8 Å². The molecule has 0 atom stereocenters. The number of aromatic amines is 1. The maximum atomic E-state index is 12.8. The molecule has 0 aliphatic heterocycles. The number of halogens is 1. The normalized spacial score (nSPS) is 10.6. The van der Waals surface area contributed by atoms with Crippen LogP contribution in [0, 0.1) is 5.82 Å². The maximum absolute atomic E-state index is 12.8. The van der Waals surface area contributed by atoms with Crippen LogP contribution in [0.4, 0.5) is 10.1 Å². The summed E-state index contributed by atoms with van der Waals surface area (Å²) in [6.07, 6.45) is 2.96. The van der Waals surface area contributed by atoms with Gasteiger partial charge in [0.25, 0.3) is 5.91 Å². The first-order valence-electron chi connectivity index (χ1n) is 5.58. The van der Waals surface area contributed by atoms with Crippen LogP contribution in [0.1, 0.15) is 10.4 Å². The maximum Gasteiger partial charge on any atom is 0.257 e. The molecule has 6 heteroatoms. The fraction of sp³-hybridized carbons (Fsp3) is 0. The number of nitrogens with zero attached hydrogens (tertiary/aromatic N) is 2. The molecule has 0 unspecified atom stereocenters. The highest BCUT2D eigenvalue weighted by atomic mass is 19.1. The predicted molar refractivity (Wildman–Crippen MR) is 68.2 cm³/mol. The first kappa shape index (κ1) is 11.3. The molecule has 1 aromatic carbocycles. The average Bonchev–Trinajstić information content (AvgIpc) is 2.88. The minimum Gasteiger partial charge on any atom is -0.343 e. The second-order valence-electron chi connectivity index (χ2n) is 3.96. The fourth-order valence-electron chi connectivity index (χ4n) is 1.69. The van der Waals surface area contributed by atoms with Crippen molar-refractivity contribution in [2.45, 2.75) is 0 Å². The number of carbonyl (C=O) groups excluding carboxylic acids is 1. The molecule has 0 saturated heterocycles. The zero-order valence-corrected chi connectivity index (χ0v) is 9.72. The molecule has 2 heterocycles. The van der Waals surface area contributed by atoms with Crippen molar-refractivity contribution in [2.75, 3.05) is 5.32 Å². The molecule has 0 aliphatic rings. The highest BCUT2D eigenvalue weighted by Crippen LogP contribution is 2.12. The molecule has 0 spiro atoms. The van der Waals surface area contributed by atoms with E-state index in [2.05, 4.69) is 20.3 Å². The van der Waals surface area contributed by atoms with Gasteiger partial charge in [-0.1, -0.05) is 0 Å². The summed E-state index contributed by atoms with van der Waals surface area (Å²) >= 11 is 0. The van der Waals surface area contributed by atoms with E-state index in [1.54, 1.807) is 6.07 Å². The second kappa shape index (κ2) is 4.49. The molecule has 0 bridgehead atoms. The van der Waals surface area contributed by atoms with Crippen LogP contribution in [-0.2, 0) is 0 Å². The van der Waals surface area contributed by atoms with Crippen LogP contribution in [0.15, 0.2) is 42.9 Å². The minimum atomic E-state index is -0.349. The number of anilines is 1. The Hall–Kier alpha value is -2.76. The molecule has 0 radical (unpaired) electrons. The Balaban J connectivity index is 1.84. The quantitative estimate of drug-likeness (QED) is 0.739. The van der Waals surface area contributed by atoms with Gasteiger partial charge < -0.3 is 10.3 Å². The van der Waals surface area contributed by atoms with Gasteiger partial charge in [0, 0.05) is 11.9 Å². The van der Waals surface area contributed by atoms with Crippen molar-refractivity contribution < 1.29 is 9.18 Å². The van der Waals surface area contributed by atoms with Crippen LogP contribution >= 0.6 is 0 Å². The molecule has 3 rings (SSSR count). The Morgan fingerprint density at radius 2 is 2.00 bits per heavy atom. The highest BCUT2D eigenvalue weighted by molar-refractivity contribution is 6.05.